The standard InChI is InChI=1S/C15H20N2O/c1-11(2)14-10-18-15(16-14)17-8-7-12-5-3-4-6-13(12)9-17/h3-6,11,14H,7-10H2,1-2H3/t14-/m1/s1/i9D/t9-,14-. The van der Waals surface area contributed by atoms with Gasteiger partial charge in [-0.25, -0.2) is 4.99 Å². The third-order valence-electron chi connectivity index (χ3n) is 3.65. The number of amidine groups is 1. The van der Waals surface area contributed by atoms with E-state index in [0.717, 1.165) is 18.5 Å². The molecule has 2 atom stereocenters. The lowest BCUT2D eigenvalue weighted by Crippen LogP contribution is -2.36. The maximum absolute atomic E-state index is 8.41. The molecule has 0 aromatic heterocycles. The van der Waals surface area contributed by atoms with Gasteiger partial charge in [-0.3, -0.25) is 0 Å². The van der Waals surface area contributed by atoms with Crippen molar-refractivity contribution in [1.82, 2.24) is 4.90 Å². The van der Waals surface area contributed by atoms with Crippen LogP contribution in [0.25, 0.3) is 0 Å². The fourth-order valence-electron chi connectivity index (χ4n) is 2.39. The van der Waals surface area contributed by atoms with Crippen molar-refractivity contribution in [3.05, 3.63) is 35.4 Å². The summed E-state index contributed by atoms with van der Waals surface area (Å²) >= 11 is 0. The third kappa shape index (κ3) is 2.09. The highest BCUT2D eigenvalue weighted by Crippen LogP contribution is 2.22. The quantitative estimate of drug-likeness (QED) is 0.759. The van der Waals surface area contributed by atoms with Gasteiger partial charge in [0.15, 0.2) is 0 Å². The summed E-state index contributed by atoms with van der Waals surface area (Å²) in [6.07, 6.45) is 0.959. The molecule has 0 radical (unpaired) electrons. The zero-order valence-corrected chi connectivity index (χ0v) is 11.0. The first-order chi connectivity index (χ1) is 9.16. The van der Waals surface area contributed by atoms with Crippen molar-refractivity contribution in [2.24, 2.45) is 10.9 Å². The summed E-state index contributed by atoms with van der Waals surface area (Å²) in [5, 5.41) is 0. The largest absolute Gasteiger partial charge is 0.463 e. The zero-order valence-electron chi connectivity index (χ0n) is 12.0. The summed E-state index contributed by atoms with van der Waals surface area (Å²) in [6, 6.07) is 9.09. The Balaban J connectivity index is 1.83. The smallest absolute Gasteiger partial charge is 0.288 e. The van der Waals surface area contributed by atoms with Gasteiger partial charge < -0.3 is 9.64 Å². The number of fused-ring (bicyclic) bond motifs is 1. The van der Waals surface area contributed by atoms with E-state index < -0.39 is 6.52 Å². The minimum atomic E-state index is -0.394. The van der Waals surface area contributed by atoms with Crippen molar-refractivity contribution in [1.29, 1.82) is 0 Å². The van der Waals surface area contributed by atoms with E-state index in [2.05, 4.69) is 24.9 Å². The minimum Gasteiger partial charge on any atom is -0.463 e. The molecule has 18 heavy (non-hydrogen) atoms. The Hall–Kier alpha value is -1.51. The van der Waals surface area contributed by atoms with Crippen LogP contribution in [0.5, 0.6) is 0 Å². The van der Waals surface area contributed by atoms with E-state index >= 15 is 0 Å². The first kappa shape index (κ1) is 10.4. The normalized spacial score (nSPS) is 27.6. The number of benzene rings is 1. The van der Waals surface area contributed by atoms with Gasteiger partial charge in [-0.2, -0.15) is 0 Å². The Labute approximate surface area is 110 Å². The second-order valence-corrected chi connectivity index (χ2v) is 5.31. The maximum Gasteiger partial charge on any atom is 0.288 e. The van der Waals surface area contributed by atoms with Crippen LogP contribution in [0, 0.1) is 5.92 Å². The van der Waals surface area contributed by atoms with Gasteiger partial charge in [-0.05, 0) is 23.5 Å². The summed E-state index contributed by atoms with van der Waals surface area (Å²) in [5.41, 5.74) is 2.35. The fourth-order valence-corrected chi connectivity index (χ4v) is 2.39. The predicted octanol–water partition coefficient (Wildman–Crippen LogP) is 2.46. The maximum atomic E-state index is 8.41. The van der Waals surface area contributed by atoms with Crippen LogP contribution >= 0.6 is 0 Å². The molecule has 2 aliphatic heterocycles. The van der Waals surface area contributed by atoms with Gasteiger partial charge in [0.1, 0.15) is 6.61 Å². The van der Waals surface area contributed by atoms with Crippen LogP contribution in [-0.2, 0) is 17.7 Å². The number of rotatable bonds is 1. The summed E-state index contributed by atoms with van der Waals surface area (Å²) < 4.78 is 14.1. The molecule has 0 aliphatic carbocycles. The fraction of sp³-hybridized carbons (Fsp3) is 0.533. The molecule has 2 heterocycles. The predicted molar refractivity (Wildman–Crippen MR) is 72.6 cm³/mol. The average molecular weight is 245 g/mol. The van der Waals surface area contributed by atoms with Crippen molar-refractivity contribution in [3.8, 4) is 0 Å². The van der Waals surface area contributed by atoms with Crippen molar-refractivity contribution in [2.75, 3.05) is 13.2 Å². The van der Waals surface area contributed by atoms with Gasteiger partial charge in [0.2, 0.25) is 0 Å². The molecule has 0 unspecified atom stereocenters. The molecule has 0 saturated carbocycles. The summed E-state index contributed by atoms with van der Waals surface area (Å²) in [7, 11) is 0. The molecule has 1 aromatic rings. The van der Waals surface area contributed by atoms with Crippen LogP contribution < -0.4 is 0 Å². The minimum absolute atomic E-state index is 0.236. The number of nitrogens with zero attached hydrogens (tertiary/aromatic N) is 2. The highest BCUT2D eigenvalue weighted by Gasteiger charge is 2.27. The molecule has 1 aromatic carbocycles. The van der Waals surface area contributed by atoms with Crippen LogP contribution in [0.1, 0.15) is 26.3 Å². The summed E-state index contributed by atoms with van der Waals surface area (Å²) in [5.74, 6) is 0.485. The van der Waals surface area contributed by atoms with E-state index in [0.29, 0.717) is 18.5 Å². The van der Waals surface area contributed by atoms with Gasteiger partial charge in [0.25, 0.3) is 6.02 Å². The number of aliphatic imine (C=N–C) groups is 1. The zero-order chi connectivity index (χ0) is 13.4. The third-order valence-corrected chi connectivity index (χ3v) is 3.65. The number of hydrogen-bond donors (Lipinski definition) is 0. The molecule has 2 aliphatic rings. The van der Waals surface area contributed by atoms with Crippen LogP contribution in [-0.4, -0.2) is 30.1 Å². The van der Waals surface area contributed by atoms with E-state index in [9.17, 15) is 0 Å². The molecule has 3 nitrogen and oxygen atoms in total. The lowest BCUT2D eigenvalue weighted by Gasteiger charge is -2.29. The van der Waals surface area contributed by atoms with Gasteiger partial charge in [0.05, 0.1) is 7.41 Å². The SMILES string of the molecule is [2H][C@@H]1c2ccccc2CCN1C1=N[C@@H](C(C)C)CO1. The summed E-state index contributed by atoms with van der Waals surface area (Å²) in [4.78, 5) is 6.61. The lowest BCUT2D eigenvalue weighted by atomic mass is 10.0. The van der Waals surface area contributed by atoms with E-state index in [1.807, 2.05) is 23.1 Å². The van der Waals surface area contributed by atoms with Gasteiger partial charge in [0, 0.05) is 13.1 Å². The molecular formula is C15H20N2O. The second kappa shape index (κ2) is 4.63. The molecule has 0 N–H and O–H groups in total. The lowest BCUT2D eigenvalue weighted by molar-refractivity contribution is 0.233. The van der Waals surface area contributed by atoms with Gasteiger partial charge >= 0.3 is 0 Å². The molecule has 0 saturated heterocycles. The van der Waals surface area contributed by atoms with E-state index in [-0.39, 0.29) is 6.04 Å². The van der Waals surface area contributed by atoms with Crippen molar-refractivity contribution < 1.29 is 6.11 Å². The molecule has 0 amide bonds. The van der Waals surface area contributed by atoms with Crippen LogP contribution in [0.15, 0.2) is 29.3 Å². The molecule has 0 fully saturated rings. The van der Waals surface area contributed by atoms with E-state index in [1.54, 1.807) is 0 Å². The van der Waals surface area contributed by atoms with Crippen molar-refractivity contribution in [3.63, 3.8) is 0 Å². The first-order valence-corrected chi connectivity index (χ1v) is 6.64. The molecule has 0 bridgehead atoms. The van der Waals surface area contributed by atoms with E-state index in [1.165, 1.54) is 5.56 Å². The highest BCUT2D eigenvalue weighted by molar-refractivity contribution is 5.76. The Bertz CT molecular complexity index is 501. The van der Waals surface area contributed by atoms with Crippen molar-refractivity contribution >= 4 is 6.02 Å². The Morgan fingerprint density at radius 1 is 1.39 bits per heavy atom. The van der Waals surface area contributed by atoms with Crippen LogP contribution in [0.4, 0.5) is 0 Å². The Morgan fingerprint density at radius 2 is 2.17 bits per heavy atom. The molecule has 96 valence electrons. The molecule has 3 rings (SSSR count). The molecule has 0 spiro atoms. The molecular weight excluding hydrogens is 224 g/mol. The summed E-state index contributed by atoms with van der Waals surface area (Å²) in [6.45, 7) is 5.38. The first-order valence-electron chi connectivity index (χ1n) is 7.22. The molecule has 3 heteroatoms. The monoisotopic (exact) mass is 245 g/mol. The average Bonchev–Trinajstić information content (AvgIpc) is 2.89. The van der Waals surface area contributed by atoms with E-state index in [4.69, 9.17) is 6.11 Å². The Morgan fingerprint density at radius 3 is 2.89 bits per heavy atom. The Kier molecular flexibility index (Phi) is 2.68. The van der Waals surface area contributed by atoms with Gasteiger partial charge in [-0.1, -0.05) is 38.1 Å². The number of hydrogen-bond acceptors (Lipinski definition) is 3. The van der Waals surface area contributed by atoms with Crippen molar-refractivity contribution in [2.45, 2.75) is 32.8 Å². The topological polar surface area (TPSA) is 24.8 Å². The number of ether oxygens (including phenoxy) is 1. The second-order valence-electron chi connectivity index (χ2n) is 5.31. The van der Waals surface area contributed by atoms with Gasteiger partial charge in [-0.15, -0.1) is 0 Å². The van der Waals surface area contributed by atoms with Crippen LogP contribution in [0.2, 0.25) is 0 Å². The highest BCUT2D eigenvalue weighted by atomic mass is 16.5. The van der Waals surface area contributed by atoms with Crippen LogP contribution in [0.3, 0.4) is 0 Å².